The number of nitrogens with two attached hydrogens (primary N) is 1. The Morgan fingerprint density at radius 3 is 2.02 bits per heavy atom. The highest BCUT2D eigenvalue weighted by atomic mass is 35.5. The number of halogens is 2. The minimum Gasteiger partial charge on any atom is -0.508 e. The quantitative estimate of drug-likeness (QED) is 0.0628. The number of carboxylic acid groups (broad SMARTS) is 1. The molecule has 8 rings (SSSR count). The molecule has 1 unspecified atom stereocenters. The number of phenols is 3. The molecule has 0 saturated heterocycles. The number of carbonyl (C=O) groups excluding carboxylic acids is 7. The molecule has 3 aliphatic rings. The standard InChI is InChI=1S/C36H33ClN4O11.C22H32ClN3O5.B/c1-14-8-17-11-25(32(14)51-3)52-24-7-5-16(10-21(24)37)31(45)30-35(48)40-29(36(49)50)20-12-18(42)13-23(44)26(20)19-9-15(4-6-22(19)43)28(34(47)41-30)39-33(46)27(17)38-2;1-12(2)8-13(3)21(29)26-18(10-15-6-7-19(31-5)16(23)9-15)22(30)25-17(14(4)27)11-20(24)28;/h4-13,27-31,38,42-45H,1-3H3,(H,39,46)(H,40,48)(H,41,47)(H,49,50);6-7,9,12-13,17-18H,8,10-11H2,1-5H3,(H2,24,28)(H,25,30)(H,26,29);/t27-,28?,29+,30-,31-;13-,17+,18-;/m11./s1. The molecule has 0 aliphatic carbocycles. The number of aromatic hydroxyl groups is 3. The number of Topliss-reactive ketones (excluding diaryl/α,β-unsaturated/α-hetero) is 1. The van der Waals surface area contributed by atoms with Gasteiger partial charge in [0.2, 0.25) is 35.4 Å². The number of hydrogen-bond donors (Lipinski definition) is 12. The van der Waals surface area contributed by atoms with E-state index >= 15 is 0 Å². The van der Waals surface area contributed by atoms with Crippen LogP contribution >= 0.6 is 23.2 Å². The number of aliphatic carboxylic acids is 1. The molecule has 0 spiro atoms. The van der Waals surface area contributed by atoms with E-state index in [2.05, 4.69) is 31.9 Å². The fourth-order valence-corrected chi connectivity index (χ4v) is 10.1. The van der Waals surface area contributed by atoms with Gasteiger partial charge in [-0.15, -0.1) is 0 Å². The first kappa shape index (κ1) is 66.2. The SMILES string of the molecule is CN[C@H]1C(=O)NC2C(=O)N[C@@H](C(=O)N[C@H](C(=O)O)c3cc(O)cc(O)c3-c3cc2ccc3O)[C@H](O)c2ccc(c(Cl)c2)Oc2cc1cc(C)c2OC.COc1ccc(C[C@@H](NC(=O)[C@H](C)CC(C)C)C(=O)N[C@@H](CC(N)=O)C(C)=O)cc1Cl.[B]. The van der Waals surface area contributed by atoms with Crippen molar-refractivity contribution in [3.8, 4) is 51.4 Å². The molecule has 3 aliphatic heterocycles. The number of amides is 6. The number of carboxylic acids is 1. The summed E-state index contributed by atoms with van der Waals surface area (Å²) in [7, 11) is 4.45. The summed E-state index contributed by atoms with van der Waals surface area (Å²) < 4.78 is 16.9. The first-order valence-corrected chi connectivity index (χ1v) is 26.7. The van der Waals surface area contributed by atoms with Crippen molar-refractivity contribution in [1.29, 1.82) is 0 Å². The predicted molar refractivity (Wildman–Crippen MR) is 309 cm³/mol. The summed E-state index contributed by atoms with van der Waals surface area (Å²) in [6, 6.07) is 9.34. The maximum absolute atomic E-state index is 14.3. The van der Waals surface area contributed by atoms with Crippen LogP contribution in [0.1, 0.15) is 98.1 Å². The Kier molecular flexibility index (Phi) is 22.6. The molecule has 26 heteroatoms. The molecule has 8 bridgehead atoms. The van der Waals surface area contributed by atoms with Gasteiger partial charge in [-0.25, -0.2) is 4.79 Å². The maximum Gasteiger partial charge on any atom is 0.330 e. The number of methoxy groups -OCH3 is 2. The van der Waals surface area contributed by atoms with Crippen molar-refractivity contribution in [2.75, 3.05) is 21.3 Å². The molecule has 0 fully saturated rings. The van der Waals surface area contributed by atoms with Crippen LogP contribution in [-0.2, 0) is 44.8 Å². The van der Waals surface area contributed by atoms with Crippen LogP contribution in [0.5, 0.6) is 40.2 Å². The highest BCUT2D eigenvalue weighted by molar-refractivity contribution is 6.32. The number of carbonyl (C=O) groups is 8. The van der Waals surface area contributed by atoms with Crippen molar-refractivity contribution in [3.05, 3.63) is 122 Å². The van der Waals surface area contributed by atoms with Gasteiger partial charge in [-0.3, -0.25) is 33.6 Å². The summed E-state index contributed by atoms with van der Waals surface area (Å²) >= 11 is 12.8. The zero-order valence-electron chi connectivity index (χ0n) is 47.0. The molecule has 3 heterocycles. The van der Waals surface area contributed by atoms with Gasteiger partial charge in [0, 0.05) is 43.5 Å². The third-order valence-corrected chi connectivity index (χ3v) is 14.3. The van der Waals surface area contributed by atoms with Crippen molar-refractivity contribution in [1.82, 2.24) is 31.9 Å². The van der Waals surface area contributed by atoms with Crippen LogP contribution in [0.2, 0.25) is 10.0 Å². The molecule has 0 aromatic heterocycles. The van der Waals surface area contributed by atoms with E-state index in [4.69, 9.17) is 43.1 Å². The Balaban J connectivity index is 0.000000347. The average molecular weight is 1200 g/mol. The molecule has 5 aromatic carbocycles. The Morgan fingerprint density at radius 2 is 1.43 bits per heavy atom. The van der Waals surface area contributed by atoms with Crippen molar-refractivity contribution in [3.63, 3.8) is 0 Å². The van der Waals surface area contributed by atoms with Crippen LogP contribution in [0, 0.1) is 18.8 Å². The maximum atomic E-state index is 14.3. The normalized spacial score (nSPS) is 18.3. The zero-order chi connectivity index (χ0) is 61.3. The third-order valence-electron chi connectivity index (χ3n) is 13.7. The summed E-state index contributed by atoms with van der Waals surface area (Å²) in [4.78, 5) is 104. The van der Waals surface area contributed by atoms with E-state index in [-0.39, 0.29) is 77.4 Å². The molecular formula is C58H65BCl2N7O16. The Morgan fingerprint density at radius 1 is 0.750 bits per heavy atom. The molecular weight excluding hydrogens is 1130 g/mol. The summed E-state index contributed by atoms with van der Waals surface area (Å²) in [6.07, 6.45) is -1.39. The molecule has 23 nitrogen and oxygen atoms in total. The molecule has 445 valence electrons. The Bertz CT molecular complexity index is 3350. The molecule has 5 aromatic rings. The lowest BCUT2D eigenvalue weighted by atomic mass is 9.89. The number of aliphatic hydroxyl groups excluding tert-OH is 1. The third kappa shape index (κ3) is 15.7. The zero-order valence-corrected chi connectivity index (χ0v) is 48.5. The smallest absolute Gasteiger partial charge is 0.330 e. The molecule has 6 amide bonds. The fraction of sp³-hybridized carbons (Fsp3) is 0.345. The number of fused-ring (bicyclic) bond motifs is 8. The summed E-state index contributed by atoms with van der Waals surface area (Å²) in [5, 5.41) is 70.3. The first-order chi connectivity index (χ1) is 39.2. The number of benzene rings is 5. The van der Waals surface area contributed by atoms with Crippen molar-refractivity contribution < 1.29 is 78.1 Å². The second-order valence-corrected chi connectivity index (χ2v) is 21.2. The van der Waals surface area contributed by atoms with Gasteiger partial charge in [-0.2, -0.15) is 0 Å². The van der Waals surface area contributed by atoms with E-state index < -0.39 is 101 Å². The number of nitrogens with one attached hydrogen (secondary N) is 6. The minimum atomic E-state index is -1.99. The number of rotatable bonds is 15. The summed E-state index contributed by atoms with van der Waals surface area (Å²) in [6.45, 7) is 8.81. The van der Waals surface area contributed by atoms with Gasteiger partial charge >= 0.3 is 5.97 Å². The molecule has 0 saturated carbocycles. The Labute approximate surface area is 495 Å². The lowest BCUT2D eigenvalue weighted by Crippen LogP contribution is -2.54. The van der Waals surface area contributed by atoms with E-state index in [0.29, 0.717) is 45.6 Å². The van der Waals surface area contributed by atoms with Crippen LogP contribution in [0.4, 0.5) is 0 Å². The number of aliphatic hydroxyl groups is 1. The summed E-state index contributed by atoms with van der Waals surface area (Å²) in [5.41, 5.74) is 6.07. The minimum absolute atomic E-state index is 0. The average Bonchev–Trinajstić information content (AvgIpc) is 2.56. The van der Waals surface area contributed by atoms with E-state index in [1.807, 2.05) is 13.8 Å². The molecule has 13 N–H and O–H groups in total. The number of ether oxygens (including phenoxy) is 3. The predicted octanol–water partition coefficient (Wildman–Crippen LogP) is 4.76. The highest BCUT2D eigenvalue weighted by Crippen LogP contribution is 2.45. The number of primary amides is 1. The van der Waals surface area contributed by atoms with E-state index in [0.717, 1.165) is 12.1 Å². The second-order valence-electron chi connectivity index (χ2n) is 20.3. The van der Waals surface area contributed by atoms with Crippen LogP contribution in [0.15, 0.2) is 78.9 Å². The van der Waals surface area contributed by atoms with Crippen LogP contribution < -0.4 is 51.8 Å². The number of phenolic OH excluding ortho intramolecular Hbond substituents is 3. The van der Waals surface area contributed by atoms with Gasteiger partial charge in [0.25, 0.3) is 0 Å². The van der Waals surface area contributed by atoms with Crippen molar-refractivity contribution >= 4 is 78.8 Å². The van der Waals surface area contributed by atoms with Crippen molar-refractivity contribution in [2.24, 2.45) is 17.6 Å². The molecule has 3 radical (unpaired) electrons. The lowest BCUT2D eigenvalue weighted by Gasteiger charge is -2.30. The fourth-order valence-electron chi connectivity index (χ4n) is 9.64. The highest BCUT2D eigenvalue weighted by Gasteiger charge is 2.39. The van der Waals surface area contributed by atoms with Gasteiger partial charge in [-0.05, 0) is 110 Å². The Hall–Kier alpha value is -8.58. The van der Waals surface area contributed by atoms with Gasteiger partial charge in [0.1, 0.15) is 59.0 Å². The number of hydrogen-bond acceptors (Lipinski definition) is 16. The lowest BCUT2D eigenvalue weighted by molar-refractivity contribution is -0.143. The second kappa shape index (κ2) is 28.6. The topological polar surface area (TPSA) is 364 Å². The van der Waals surface area contributed by atoms with E-state index in [1.165, 1.54) is 64.6 Å². The number of ketones is 1. The van der Waals surface area contributed by atoms with Crippen LogP contribution in [-0.4, -0.2) is 121 Å². The van der Waals surface area contributed by atoms with Crippen molar-refractivity contribution in [2.45, 2.75) is 96.2 Å². The summed E-state index contributed by atoms with van der Waals surface area (Å²) in [5.74, 6) is -7.15. The monoisotopic (exact) mass is 1200 g/mol. The van der Waals surface area contributed by atoms with Crippen LogP contribution in [0.25, 0.3) is 11.1 Å². The van der Waals surface area contributed by atoms with E-state index in [9.17, 15) is 63.9 Å². The van der Waals surface area contributed by atoms with Gasteiger partial charge in [0.05, 0.1) is 36.7 Å². The number of aryl methyl sites for hydroxylation is 1. The number of likely N-dealkylation sites (N-methyl/N-ethyl adjacent to an activating group) is 1. The van der Waals surface area contributed by atoms with Gasteiger partial charge in [-0.1, -0.05) is 68.2 Å². The first-order valence-electron chi connectivity index (χ1n) is 25.9. The molecule has 84 heavy (non-hydrogen) atoms. The van der Waals surface area contributed by atoms with Gasteiger partial charge < -0.3 is 77.4 Å². The van der Waals surface area contributed by atoms with Gasteiger partial charge in [0.15, 0.2) is 23.3 Å². The molecule has 8 atom stereocenters. The van der Waals surface area contributed by atoms with E-state index in [1.54, 1.807) is 44.2 Å². The van der Waals surface area contributed by atoms with Crippen LogP contribution in [0.3, 0.4) is 0 Å². The largest absolute Gasteiger partial charge is 0.508 e.